The van der Waals surface area contributed by atoms with Crippen molar-refractivity contribution in [3.05, 3.63) is 95.0 Å². The molecule has 3 aliphatic rings. The van der Waals surface area contributed by atoms with Gasteiger partial charge in [0, 0.05) is 16.6 Å². The molecule has 3 amide bonds. The van der Waals surface area contributed by atoms with E-state index in [1.54, 1.807) is 24.3 Å². The minimum absolute atomic E-state index is 0.0696. The number of hydrogen-bond donors (Lipinski definition) is 1. The molecule has 3 aromatic rings. The number of rotatable bonds is 4. The van der Waals surface area contributed by atoms with Gasteiger partial charge in [-0.3, -0.25) is 24.6 Å². The van der Waals surface area contributed by atoms with Crippen LogP contribution in [0.5, 0.6) is 0 Å². The molecule has 0 aliphatic carbocycles. The molecule has 0 bridgehead atoms. The van der Waals surface area contributed by atoms with Crippen molar-refractivity contribution in [3.8, 4) is 12.3 Å². The van der Waals surface area contributed by atoms with Crippen molar-refractivity contribution in [2.45, 2.75) is 18.0 Å². The Morgan fingerprint density at radius 2 is 1.69 bits per heavy atom. The highest BCUT2D eigenvalue weighted by molar-refractivity contribution is 6.31. The van der Waals surface area contributed by atoms with E-state index >= 15 is 0 Å². The average molecular weight is 496 g/mol. The Labute approximate surface area is 213 Å². The normalized spacial score (nSPS) is 26.4. The molecule has 3 heterocycles. The van der Waals surface area contributed by atoms with Crippen LogP contribution in [0.2, 0.25) is 5.02 Å². The van der Waals surface area contributed by atoms with Crippen molar-refractivity contribution in [2.24, 2.45) is 11.8 Å². The van der Waals surface area contributed by atoms with E-state index in [1.807, 2.05) is 54.6 Å². The van der Waals surface area contributed by atoms with Crippen molar-refractivity contribution in [1.82, 2.24) is 5.32 Å². The van der Waals surface area contributed by atoms with Gasteiger partial charge in [0.1, 0.15) is 5.54 Å². The number of carbonyl (C=O) groups excluding carboxylic acids is 3. The molecule has 7 heteroatoms. The zero-order valence-electron chi connectivity index (χ0n) is 19.2. The summed E-state index contributed by atoms with van der Waals surface area (Å²) >= 11 is 6.20. The predicted molar refractivity (Wildman–Crippen MR) is 137 cm³/mol. The Kier molecular flexibility index (Phi) is 5.22. The molecule has 0 saturated carbocycles. The molecule has 6 rings (SSSR count). The average Bonchev–Trinajstić information content (AvgIpc) is 3.44. The highest BCUT2D eigenvalue weighted by Crippen LogP contribution is 2.55. The van der Waals surface area contributed by atoms with Gasteiger partial charge in [0.2, 0.25) is 11.8 Å². The number of carbonyl (C=O) groups is 3. The van der Waals surface area contributed by atoms with Crippen LogP contribution in [0.15, 0.2) is 78.9 Å². The first-order valence-corrected chi connectivity index (χ1v) is 12.1. The van der Waals surface area contributed by atoms with Gasteiger partial charge in [-0.1, -0.05) is 72.1 Å². The number of nitrogens with one attached hydrogen (secondary N) is 1. The van der Waals surface area contributed by atoms with E-state index in [0.29, 0.717) is 28.4 Å². The fraction of sp³-hybridized carbons (Fsp3) is 0.207. The van der Waals surface area contributed by atoms with Crippen LogP contribution < -0.4 is 15.1 Å². The minimum atomic E-state index is -1.39. The van der Waals surface area contributed by atoms with Crippen LogP contribution in [0.4, 0.5) is 11.4 Å². The first kappa shape index (κ1) is 22.5. The molecule has 1 spiro atoms. The molecule has 6 nitrogen and oxygen atoms in total. The molecule has 2 saturated heterocycles. The first-order valence-electron chi connectivity index (χ1n) is 11.8. The Morgan fingerprint density at radius 3 is 2.44 bits per heavy atom. The third-order valence-corrected chi connectivity index (χ3v) is 7.72. The molecule has 4 unspecified atom stereocenters. The molecule has 3 aliphatic heterocycles. The second-order valence-corrected chi connectivity index (χ2v) is 9.79. The van der Waals surface area contributed by atoms with Crippen molar-refractivity contribution < 1.29 is 14.4 Å². The monoisotopic (exact) mass is 495 g/mol. The van der Waals surface area contributed by atoms with Crippen LogP contribution in [-0.4, -0.2) is 30.3 Å². The zero-order valence-corrected chi connectivity index (χ0v) is 20.0. The lowest BCUT2D eigenvalue weighted by molar-refractivity contribution is -0.132. The van der Waals surface area contributed by atoms with Gasteiger partial charge in [-0.25, -0.2) is 4.90 Å². The number of nitrogens with zero attached hydrogens (tertiary/aromatic N) is 2. The molecule has 3 aromatic carbocycles. The summed E-state index contributed by atoms with van der Waals surface area (Å²) in [5.74, 6) is -0.154. The number of para-hydroxylation sites is 1. The van der Waals surface area contributed by atoms with Gasteiger partial charge < -0.3 is 0 Å². The molecule has 4 atom stereocenters. The van der Waals surface area contributed by atoms with Crippen molar-refractivity contribution >= 4 is 40.7 Å². The Bertz CT molecular complexity index is 1450. The van der Waals surface area contributed by atoms with Gasteiger partial charge in [0.05, 0.1) is 29.8 Å². The Morgan fingerprint density at radius 1 is 0.944 bits per heavy atom. The SMILES string of the molecule is C#CCN1C(=O)C2(NC(Cc3ccccc3)C3C(=O)N(c4cccc(Cl)c4)C(=O)C32)c2ccccc21. The summed E-state index contributed by atoms with van der Waals surface area (Å²) in [7, 11) is 0. The Hall–Kier alpha value is -3.92. The summed E-state index contributed by atoms with van der Waals surface area (Å²) < 4.78 is 0. The molecule has 178 valence electrons. The van der Waals surface area contributed by atoms with E-state index in [2.05, 4.69) is 11.2 Å². The third-order valence-electron chi connectivity index (χ3n) is 7.48. The van der Waals surface area contributed by atoms with Gasteiger partial charge in [-0.2, -0.15) is 0 Å². The Balaban J connectivity index is 1.52. The van der Waals surface area contributed by atoms with Crippen LogP contribution >= 0.6 is 11.6 Å². The minimum Gasteiger partial charge on any atom is -0.298 e. The van der Waals surface area contributed by atoms with Gasteiger partial charge in [-0.05, 0) is 36.2 Å². The standard InChI is InChI=1S/C29H22ClN3O3/c1-2-15-32-23-14-7-6-13-21(23)29(28(32)36)25-24(22(31-29)16-18-9-4-3-5-10-18)26(34)33(27(25)35)20-12-8-11-19(30)17-20/h1,3-14,17,22,24-25,31H,15-16H2. The molecule has 0 aromatic heterocycles. The number of halogens is 1. The van der Waals surface area contributed by atoms with E-state index in [-0.39, 0.29) is 18.4 Å². The van der Waals surface area contributed by atoms with Crippen molar-refractivity contribution in [3.63, 3.8) is 0 Å². The van der Waals surface area contributed by atoms with Gasteiger partial charge in [0.15, 0.2) is 0 Å². The summed E-state index contributed by atoms with van der Waals surface area (Å²) in [6.45, 7) is 0.0696. The number of amides is 3. The summed E-state index contributed by atoms with van der Waals surface area (Å²) in [5, 5.41) is 3.92. The summed E-state index contributed by atoms with van der Waals surface area (Å²) in [6, 6.07) is 23.3. The molecular weight excluding hydrogens is 474 g/mol. The highest BCUT2D eigenvalue weighted by atomic mass is 35.5. The van der Waals surface area contributed by atoms with Gasteiger partial charge in [-0.15, -0.1) is 6.42 Å². The second kappa shape index (κ2) is 8.34. The maximum atomic E-state index is 14.1. The third kappa shape index (κ3) is 3.07. The lowest BCUT2D eigenvalue weighted by Gasteiger charge is -2.30. The van der Waals surface area contributed by atoms with E-state index < -0.39 is 29.3 Å². The van der Waals surface area contributed by atoms with Crippen LogP contribution in [0.1, 0.15) is 11.1 Å². The molecule has 36 heavy (non-hydrogen) atoms. The number of anilines is 2. The van der Waals surface area contributed by atoms with Crippen LogP contribution in [0, 0.1) is 24.2 Å². The predicted octanol–water partition coefficient (Wildman–Crippen LogP) is 3.54. The maximum Gasteiger partial charge on any atom is 0.253 e. The number of benzene rings is 3. The lowest BCUT2D eigenvalue weighted by atomic mass is 9.76. The van der Waals surface area contributed by atoms with Crippen molar-refractivity contribution in [1.29, 1.82) is 0 Å². The lowest BCUT2D eigenvalue weighted by Crippen LogP contribution is -2.55. The summed E-state index contributed by atoms with van der Waals surface area (Å²) in [5.41, 5.74) is 1.35. The highest BCUT2D eigenvalue weighted by Gasteiger charge is 2.71. The molecule has 2 fully saturated rings. The number of fused-ring (bicyclic) bond motifs is 4. The van der Waals surface area contributed by atoms with Crippen LogP contribution in [0.3, 0.4) is 0 Å². The number of imide groups is 1. The van der Waals surface area contributed by atoms with E-state index in [1.165, 1.54) is 9.80 Å². The number of terminal acetylenes is 1. The van der Waals surface area contributed by atoms with Crippen LogP contribution in [-0.2, 0) is 26.3 Å². The summed E-state index contributed by atoms with van der Waals surface area (Å²) in [4.78, 5) is 44.9. The first-order chi connectivity index (χ1) is 17.5. The zero-order chi connectivity index (χ0) is 25.0. The molecule has 0 radical (unpaired) electrons. The quantitative estimate of drug-likeness (QED) is 0.444. The second-order valence-electron chi connectivity index (χ2n) is 9.36. The van der Waals surface area contributed by atoms with E-state index in [9.17, 15) is 14.4 Å². The van der Waals surface area contributed by atoms with Crippen LogP contribution in [0.25, 0.3) is 0 Å². The smallest absolute Gasteiger partial charge is 0.253 e. The maximum absolute atomic E-state index is 14.1. The topological polar surface area (TPSA) is 69.7 Å². The fourth-order valence-corrected chi connectivity index (χ4v) is 6.29. The van der Waals surface area contributed by atoms with E-state index in [0.717, 1.165) is 5.56 Å². The molecular formula is C29H22ClN3O3. The largest absolute Gasteiger partial charge is 0.298 e. The van der Waals surface area contributed by atoms with Gasteiger partial charge in [0.25, 0.3) is 5.91 Å². The molecule has 1 N–H and O–H groups in total. The summed E-state index contributed by atoms with van der Waals surface area (Å²) in [6.07, 6.45) is 6.09. The van der Waals surface area contributed by atoms with E-state index in [4.69, 9.17) is 18.0 Å². The number of hydrogen-bond acceptors (Lipinski definition) is 4. The fourth-order valence-electron chi connectivity index (χ4n) is 6.11. The van der Waals surface area contributed by atoms with Gasteiger partial charge >= 0.3 is 0 Å². The van der Waals surface area contributed by atoms with Crippen molar-refractivity contribution in [2.75, 3.05) is 16.3 Å².